The second-order valence-corrected chi connectivity index (χ2v) is 6.87. The fourth-order valence-corrected chi connectivity index (χ4v) is 3.95. The van der Waals surface area contributed by atoms with Gasteiger partial charge >= 0.3 is 0 Å². The van der Waals surface area contributed by atoms with Crippen molar-refractivity contribution in [2.45, 2.75) is 26.1 Å². The lowest BCUT2D eigenvalue weighted by molar-refractivity contribution is -0.0405. The number of rotatable bonds is 4. The van der Waals surface area contributed by atoms with Crippen LogP contribution in [0.1, 0.15) is 11.4 Å². The van der Waals surface area contributed by atoms with Crippen LogP contribution in [0.25, 0.3) is 4.96 Å². The molecule has 7 nitrogen and oxygen atoms in total. The van der Waals surface area contributed by atoms with Crippen molar-refractivity contribution in [3.63, 3.8) is 0 Å². The van der Waals surface area contributed by atoms with Crippen LogP contribution in [0.2, 0.25) is 0 Å². The van der Waals surface area contributed by atoms with Crippen LogP contribution in [0.5, 0.6) is 0 Å². The van der Waals surface area contributed by atoms with E-state index in [0.29, 0.717) is 13.2 Å². The molecule has 0 radical (unpaired) electrons. The second kappa shape index (κ2) is 6.46. The van der Waals surface area contributed by atoms with E-state index >= 15 is 0 Å². The van der Waals surface area contributed by atoms with E-state index in [0.717, 1.165) is 36.0 Å². The van der Waals surface area contributed by atoms with Gasteiger partial charge < -0.3 is 4.74 Å². The Labute approximate surface area is 143 Å². The summed E-state index contributed by atoms with van der Waals surface area (Å²) < 4.78 is 9.38. The van der Waals surface area contributed by atoms with Gasteiger partial charge in [0.25, 0.3) is 5.56 Å². The molecule has 0 aromatic carbocycles. The van der Waals surface area contributed by atoms with Crippen LogP contribution >= 0.6 is 11.3 Å². The minimum Gasteiger partial charge on any atom is -0.374 e. The molecule has 0 amide bonds. The molecule has 0 spiro atoms. The normalized spacial score (nSPS) is 19.1. The highest BCUT2D eigenvalue weighted by molar-refractivity contribution is 7.15. The van der Waals surface area contributed by atoms with Crippen LogP contribution in [-0.4, -0.2) is 49.9 Å². The zero-order valence-electron chi connectivity index (χ0n) is 13.5. The number of morpholine rings is 1. The van der Waals surface area contributed by atoms with Crippen molar-refractivity contribution in [1.29, 1.82) is 0 Å². The van der Waals surface area contributed by atoms with Crippen LogP contribution in [-0.2, 0) is 17.8 Å². The van der Waals surface area contributed by atoms with E-state index in [9.17, 15) is 4.79 Å². The largest absolute Gasteiger partial charge is 0.374 e. The number of aryl methyl sites for hydroxylation is 1. The van der Waals surface area contributed by atoms with Crippen LogP contribution < -0.4 is 5.56 Å². The molecule has 0 bridgehead atoms. The predicted molar refractivity (Wildman–Crippen MR) is 91.3 cm³/mol. The maximum Gasteiger partial charge on any atom is 0.259 e. The number of hydrogen-bond donors (Lipinski definition) is 0. The Morgan fingerprint density at radius 2 is 2.38 bits per heavy atom. The molecule has 126 valence electrons. The number of hydrogen-bond acceptors (Lipinski definition) is 6. The minimum atomic E-state index is -0.00454. The molecule has 0 aliphatic carbocycles. The van der Waals surface area contributed by atoms with Gasteiger partial charge in [-0.2, -0.15) is 5.10 Å². The zero-order chi connectivity index (χ0) is 16.5. The van der Waals surface area contributed by atoms with Gasteiger partial charge in [0.15, 0.2) is 4.96 Å². The lowest BCUT2D eigenvalue weighted by atomic mass is 10.2. The van der Waals surface area contributed by atoms with Gasteiger partial charge in [0, 0.05) is 49.2 Å². The first-order valence-electron chi connectivity index (χ1n) is 7.97. The summed E-state index contributed by atoms with van der Waals surface area (Å²) in [5.41, 5.74) is 1.75. The van der Waals surface area contributed by atoms with Crippen molar-refractivity contribution < 1.29 is 4.74 Å². The quantitative estimate of drug-likeness (QED) is 0.710. The molecule has 0 saturated carbocycles. The average Bonchev–Trinajstić information content (AvgIpc) is 3.18. The van der Waals surface area contributed by atoms with Gasteiger partial charge in [-0.1, -0.05) is 0 Å². The molecule has 24 heavy (non-hydrogen) atoms. The summed E-state index contributed by atoms with van der Waals surface area (Å²) in [7, 11) is 0. The van der Waals surface area contributed by atoms with Gasteiger partial charge in [0.05, 0.1) is 24.9 Å². The summed E-state index contributed by atoms with van der Waals surface area (Å²) in [6.45, 7) is 5.67. The minimum absolute atomic E-state index is 0.00454. The third kappa shape index (κ3) is 3.12. The summed E-state index contributed by atoms with van der Waals surface area (Å²) in [6, 6.07) is 3.56. The van der Waals surface area contributed by atoms with Gasteiger partial charge in [-0.15, -0.1) is 11.3 Å². The van der Waals surface area contributed by atoms with Gasteiger partial charge in [0.1, 0.15) is 0 Å². The highest BCUT2D eigenvalue weighted by atomic mass is 32.1. The highest BCUT2D eigenvalue weighted by Crippen LogP contribution is 2.14. The van der Waals surface area contributed by atoms with Crippen LogP contribution in [0.4, 0.5) is 0 Å². The third-order valence-electron chi connectivity index (χ3n) is 4.19. The van der Waals surface area contributed by atoms with Crippen molar-refractivity contribution in [2.24, 2.45) is 0 Å². The van der Waals surface area contributed by atoms with Crippen LogP contribution in [0.15, 0.2) is 34.7 Å². The lowest BCUT2D eigenvalue weighted by Crippen LogP contribution is -2.44. The molecule has 0 N–H and O–H groups in total. The fraction of sp³-hybridized carbons (Fsp3) is 0.438. The van der Waals surface area contributed by atoms with Gasteiger partial charge in [-0.3, -0.25) is 18.8 Å². The smallest absolute Gasteiger partial charge is 0.259 e. The maximum atomic E-state index is 12.3. The standard InChI is InChI=1S/C16H19N5O2S/c1-12-11-24-16-18-13(7-15(22)21(12)16)8-19-5-6-23-14(9-19)10-20-4-2-3-17-20/h2-4,7,11,14H,5-6,8-10H2,1H3/t14-/m0/s1. The van der Waals surface area contributed by atoms with Crippen molar-refractivity contribution in [2.75, 3.05) is 19.7 Å². The number of ether oxygens (including phenoxy) is 1. The summed E-state index contributed by atoms with van der Waals surface area (Å²) in [5.74, 6) is 0. The molecule has 1 aliphatic rings. The Hall–Kier alpha value is -2.03. The maximum absolute atomic E-state index is 12.3. The molecule has 1 fully saturated rings. The zero-order valence-corrected chi connectivity index (χ0v) is 14.3. The fourth-order valence-electron chi connectivity index (χ4n) is 3.06. The van der Waals surface area contributed by atoms with Crippen LogP contribution in [0.3, 0.4) is 0 Å². The molecule has 1 saturated heterocycles. The predicted octanol–water partition coefficient (Wildman–Crippen LogP) is 1.16. The summed E-state index contributed by atoms with van der Waals surface area (Å²) in [5, 5.41) is 6.19. The summed E-state index contributed by atoms with van der Waals surface area (Å²) in [4.78, 5) is 20.0. The van der Waals surface area contributed by atoms with Crippen molar-refractivity contribution in [1.82, 2.24) is 24.1 Å². The molecule has 4 heterocycles. The Bertz CT molecular complexity index is 886. The monoisotopic (exact) mass is 345 g/mol. The molecule has 1 atom stereocenters. The third-order valence-corrected chi connectivity index (χ3v) is 5.13. The topological polar surface area (TPSA) is 64.7 Å². The van der Waals surface area contributed by atoms with E-state index in [-0.39, 0.29) is 11.7 Å². The average molecular weight is 345 g/mol. The molecule has 3 aromatic heterocycles. The Balaban J connectivity index is 1.47. The number of nitrogens with zero attached hydrogens (tertiary/aromatic N) is 5. The molecular weight excluding hydrogens is 326 g/mol. The van der Waals surface area contributed by atoms with Gasteiger partial charge in [-0.25, -0.2) is 4.98 Å². The molecule has 0 unspecified atom stereocenters. The Morgan fingerprint density at radius 1 is 1.46 bits per heavy atom. The van der Waals surface area contributed by atoms with Crippen molar-refractivity contribution in [3.05, 3.63) is 51.6 Å². The van der Waals surface area contributed by atoms with E-state index in [1.807, 2.05) is 29.2 Å². The SMILES string of the molecule is Cc1csc2nc(CN3CCO[C@H](Cn4cccn4)C3)cc(=O)n12. The van der Waals surface area contributed by atoms with E-state index in [2.05, 4.69) is 15.0 Å². The first kappa shape index (κ1) is 15.5. The Morgan fingerprint density at radius 3 is 3.21 bits per heavy atom. The molecule has 1 aliphatic heterocycles. The van der Waals surface area contributed by atoms with Crippen LogP contribution in [0, 0.1) is 6.92 Å². The first-order chi connectivity index (χ1) is 11.7. The Kier molecular flexibility index (Phi) is 4.17. The van der Waals surface area contributed by atoms with E-state index in [1.165, 1.54) is 11.3 Å². The number of fused-ring (bicyclic) bond motifs is 1. The second-order valence-electron chi connectivity index (χ2n) is 6.04. The van der Waals surface area contributed by atoms with Gasteiger partial charge in [-0.05, 0) is 13.0 Å². The van der Waals surface area contributed by atoms with E-state index in [4.69, 9.17) is 4.74 Å². The number of thiazole rings is 1. The molecule has 4 rings (SSSR count). The molecular formula is C16H19N5O2S. The van der Waals surface area contributed by atoms with E-state index in [1.54, 1.807) is 16.7 Å². The van der Waals surface area contributed by atoms with Gasteiger partial charge in [0.2, 0.25) is 0 Å². The summed E-state index contributed by atoms with van der Waals surface area (Å²) >= 11 is 1.50. The van der Waals surface area contributed by atoms with E-state index < -0.39 is 0 Å². The summed E-state index contributed by atoms with van der Waals surface area (Å²) in [6.07, 6.45) is 3.82. The molecule has 8 heteroatoms. The molecule has 3 aromatic rings. The highest BCUT2D eigenvalue weighted by Gasteiger charge is 2.22. The van der Waals surface area contributed by atoms with Crippen molar-refractivity contribution in [3.8, 4) is 0 Å². The first-order valence-corrected chi connectivity index (χ1v) is 8.85. The number of aromatic nitrogens is 4. The lowest BCUT2D eigenvalue weighted by Gasteiger charge is -2.32. The van der Waals surface area contributed by atoms with Crippen molar-refractivity contribution >= 4 is 16.3 Å².